The summed E-state index contributed by atoms with van der Waals surface area (Å²) in [6, 6.07) is 18.5. The minimum Gasteiger partial charge on any atom is -0.507 e. The van der Waals surface area contributed by atoms with Gasteiger partial charge in [0.1, 0.15) is 5.75 Å². The van der Waals surface area contributed by atoms with Crippen molar-refractivity contribution in [3.05, 3.63) is 95.9 Å². The molecule has 4 rings (SSSR count). The van der Waals surface area contributed by atoms with Crippen LogP contribution in [0.4, 0.5) is 0 Å². The van der Waals surface area contributed by atoms with Gasteiger partial charge in [0.2, 0.25) is 0 Å². The van der Waals surface area contributed by atoms with Gasteiger partial charge < -0.3 is 10.4 Å². The number of phenolic OH excluding ortho intramolecular Hbond substituents is 1. The summed E-state index contributed by atoms with van der Waals surface area (Å²) in [7, 11) is 0. The Morgan fingerprint density at radius 3 is 2.59 bits per heavy atom. The Labute approximate surface area is 168 Å². The number of aromatic hydroxyl groups is 1. The monoisotopic (exact) mass is 384 g/mol. The number of nitrogens with zero attached hydrogens (tertiary/aromatic N) is 3. The van der Waals surface area contributed by atoms with Gasteiger partial charge in [-0.1, -0.05) is 29.8 Å². The van der Waals surface area contributed by atoms with E-state index in [1.165, 1.54) is 6.07 Å². The van der Waals surface area contributed by atoms with E-state index >= 15 is 0 Å². The number of phenols is 1. The van der Waals surface area contributed by atoms with Crippen LogP contribution in [0.5, 0.6) is 5.75 Å². The van der Waals surface area contributed by atoms with Gasteiger partial charge >= 0.3 is 0 Å². The van der Waals surface area contributed by atoms with Crippen molar-refractivity contribution >= 4 is 5.91 Å². The molecule has 6 nitrogen and oxygen atoms in total. The summed E-state index contributed by atoms with van der Waals surface area (Å²) in [6.07, 6.45) is 5.33. The minimum absolute atomic E-state index is 0.0394. The first-order chi connectivity index (χ1) is 14.1. The number of nitrogens with one attached hydrogen (secondary N) is 1. The fraction of sp³-hybridized carbons (Fsp3) is 0.0870. The van der Waals surface area contributed by atoms with Crippen molar-refractivity contribution in [1.82, 2.24) is 20.1 Å². The van der Waals surface area contributed by atoms with Gasteiger partial charge in [0, 0.05) is 36.3 Å². The van der Waals surface area contributed by atoms with Crippen LogP contribution in [0.2, 0.25) is 0 Å². The fourth-order valence-corrected chi connectivity index (χ4v) is 3.11. The first kappa shape index (κ1) is 18.4. The summed E-state index contributed by atoms with van der Waals surface area (Å²) in [5, 5.41) is 17.6. The first-order valence-corrected chi connectivity index (χ1v) is 9.24. The van der Waals surface area contributed by atoms with Gasteiger partial charge in [-0.3, -0.25) is 9.78 Å². The highest BCUT2D eigenvalue weighted by Crippen LogP contribution is 2.24. The second-order valence-electron chi connectivity index (χ2n) is 6.72. The van der Waals surface area contributed by atoms with Crippen molar-refractivity contribution in [1.29, 1.82) is 0 Å². The predicted octanol–water partition coefficient (Wildman–Crippen LogP) is 3.88. The number of hydrogen-bond donors (Lipinski definition) is 2. The van der Waals surface area contributed by atoms with E-state index < -0.39 is 0 Å². The normalized spacial score (nSPS) is 10.7. The van der Waals surface area contributed by atoms with Crippen LogP contribution in [0.15, 0.2) is 79.3 Å². The standard InChI is InChI=1S/C23H20N4O2/c1-16-7-8-21(28)20(13-16)23(29)25-14-18-15-27(19-5-3-2-4-6-19)26-22(18)17-9-11-24-12-10-17/h2-13,15,28H,14H2,1H3,(H,25,29). The van der Waals surface area contributed by atoms with E-state index in [-0.39, 0.29) is 23.8 Å². The molecule has 1 amide bonds. The summed E-state index contributed by atoms with van der Waals surface area (Å²) >= 11 is 0. The quantitative estimate of drug-likeness (QED) is 0.547. The second-order valence-corrected chi connectivity index (χ2v) is 6.72. The number of pyridine rings is 1. The molecule has 4 aromatic rings. The van der Waals surface area contributed by atoms with Crippen LogP contribution in [0.1, 0.15) is 21.5 Å². The average Bonchev–Trinajstić information content (AvgIpc) is 3.19. The van der Waals surface area contributed by atoms with Crippen LogP contribution in [0, 0.1) is 6.92 Å². The molecule has 2 N–H and O–H groups in total. The maximum atomic E-state index is 12.6. The fourth-order valence-electron chi connectivity index (χ4n) is 3.11. The number of para-hydroxylation sites is 1. The molecule has 0 aliphatic heterocycles. The Balaban J connectivity index is 1.64. The molecule has 0 saturated carbocycles. The number of carbonyl (C=O) groups excluding carboxylic acids is 1. The van der Waals surface area contributed by atoms with E-state index in [4.69, 9.17) is 5.10 Å². The maximum Gasteiger partial charge on any atom is 0.255 e. The van der Waals surface area contributed by atoms with E-state index in [2.05, 4.69) is 10.3 Å². The molecular formula is C23H20N4O2. The lowest BCUT2D eigenvalue weighted by Gasteiger charge is -2.08. The summed E-state index contributed by atoms with van der Waals surface area (Å²) in [6.45, 7) is 2.15. The van der Waals surface area contributed by atoms with Gasteiger partial charge in [0.15, 0.2) is 0 Å². The molecule has 29 heavy (non-hydrogen) atoms. The Morgan fingerprint density at radius 2 is 1.83 bits per heavy atom. The molecule has 0 radical (unpaired) electrons. The van der Waals surface area contributed by atoms with Crippen LogP contribution >= 0.6 is 0 Å². The molecule has 0 saturated heterocycles. The van der Waals surface area contributed by atoms with Gasteiger partial charge in [0.25, 0.3) is 5.91 Å². The number of rotatable bonds is 5. The Kier molecular flexibility index (Phi) is 5.07. The van der Waals surface area contributed by atoms with E-state index in [0.717, 1.165) is 28.1 Å². The smallest absolute Gasteiger partial charge is 0.255 e. The lowest BCUT2D eigenvalue weighted by Crippen LogP contribution is -2.23. The first-order valence-electron chi connectivity index (χ1n) is 9.24. The van der Waals surface area contributed by atoms with E-state index in [9.17, 15) is 9.90 Å². The zero-order chi connectivity index (χ0) is 20.2. The average molecular weight is 384 g/mol. The third kappa shape index (κ3) is 4.01. The van der Waals surface area contributed by atoms with Crippen LogP contribution in [-0.4, -0.2) is 25.8 Å². The molecule has 0 aliphatic carbocycles. The number of hydrogen-bond acceptors (Lipinski definition) is 4. The van der Waals surface area contributed by atoms with E-state index in [0.29, 0.717) is 0 Å². The number of amides is 1. The molecule has 0 spiro atoms. The Morgan fingerprint density at radius 1 is 1.07 bits per heavy atom. The van der Waals surface area contributed by atoms with Crippen LogP contribution < -0.4 is 5.32 Å². The van der Waals surface area contributed by atoms with Gasteiger partial charge in [-0.15, -0.1) is 0 Å². The van der Waals surface area contributed by atoms with Crippen molar-refractivity contribution in [2.45, 2.75) is 13.5 Å². The van der Waals surface area contributed by atoms with Crippen LogP contribution in [0.3, 0.4) is 0 Å². The number of aryl methyl sites for hydroxylation is 1. The zero-order valence-electron chi connectivity index (χ0n) is 15.9. The molecule has 0 bridgehead atoms. The Hall–Kier alpha value is -3.93. The third-order valence-electron chi connectivity index (χ3n) is 4.60. The lowest BCUT2D eigenvalue weighted by atomic mass is 10.1. The number of benzene rings is 2. The topological polar surface area (TPSA) is 80.0 Å². The molecular weight excluding hydrogens is 364 g/mol. The minimum atomic E-state index is -0.334. The maximum absolute atomic E-state index is 12.6. The lowest BCUT2D eigenvalue weighted by molar-refractivity contribution is 0.0948. The molecule has 0 aliphatic rings. The van der Waals surface area contributed by atoms with Crippen LogP contribution in [-0.2, 0) is 6.54 Å². The van der Waals surface area contributed by atoms with Crippen molar-refractivity contribution in [2.75, 3.05) is 0 Å². The van der Waals surface area contributed by atoms with Crippen molar-refractivity contribution < 1.29 is 9.90 Å². The van der Waals surface area contributed by atoms with E-state index in [1.54, 1.807) is 29.2 Å². The van der Waals surface area contributed by atoms with Crippen molar-refractivity contribution in [2.24, 2.45) is 0 Å². The molecule has 2 aromatic heterocycles. The molecule has 0 unspecified atom stereocenters. The van der Waals surface area contributed by atoms with Crippen LogP contribution in [0.25, 0.3) is 16.9 Å². The summed E-state index contributed by atoms with van der Waals surface area (Å²) < 4.78 is 1.79. The van der Waals surface area contributed by atoms with Crippen molar-refractivity contribution in [3.63, 3.8) is 0 Å². The molecule has 144 valence electrons. The Bertz CT molecular complexity index is 1140. The molecule has 2 aromatic carbocycles. The summed E-state index contributed by atoms with van der Waals surface area (Å²) in [5.41, 5.74) is 4.63. The summed E-state index contributed by atoms with van der Waals surface area (Å²) in [4.78, 5) is 16.7. The van der Waals surface area contributed by atoms with E-state index in [1.807, 2.05) is 55.6 Å². The second kappa shape index (κ2) is 7.98. The molecule has 0 atom stereocenters. The predicted molar refractivity (Wildman–Crippen MR) is 111 cm³/mol. The largest absolute Gasteiger partial charge is 0.507 e. The van der Waals surface area contributed by atoms with Gasteiger partial charge in [-0.2, -0.15) is 5.10 Å². The molecule has 2 heterocycles. The highest BCUT2D eigenvalue weighted by Gasteiger charge is 2.15. The number of aromatic nitrogens is 3. The number of carbonyl (C=O) groups is 1. The van der Waals surface area contributed by atoms with Crippen molar-refractivity contribution in [3.8, 4) is 22.7 Å². The highest BCUT2D eigenvalue weighted by molar-refractivity contribution is 5.97. The molecule has 0 fully saturated rings. The highest BCUT2D eigenvalue weighted by atomic mass is 16.3. The summed E-state index contributed by atoms with van der Waals surface area (Å²) in [5.74, 6) is -0.373. The third-order valence-corrected chi connectivity index (χ3v) is 4.60. The van der Waals surface area contributed by atoms with Gasteiger partial charge in [-0.25, -0.2) is 4.68 Å². The zero-order valence-corrected chi connectivity index (χ0v) is 15.9. The molecule has 6 heteroatoms. The SMILES string of the molecule is Cc1ccc(O)c(C(=O)NCc2cn(-c3ccccc3)nc2-c2ccncc2)c1. The van der Waals surface area contributed by atoms with Gasteiger partial charge in [0.05, 0.1) is 16.9 Å². The van der Waals surface area contributed by atoms with Gasteiger partial charge in [-0.05, 0) is 43.3 Å².